The Morgan fingerprint density at radius 2 is 2.00 bits per heavy atom. The van der Waals surface area contributed by atoms with Gasteiger partial charge in [0.05, 0.1) is 5.54 Å². The SMILES string of the molecule is O=C(NC12CC3CCC1C1CCC2C(=O)C31)OCc1ccccc1. The average Bonchev–Trinajstić information content (AvgIpc) is 2.61. The summed E-state index contributed by atoms with van der Waals surface area (Å²) in [6.45, 7) is 0.279. The third kappa shape index (κ3) is 1.86. The molecule has 7 fully saturated rings. The summed E-state index contributed by atoms with van der Waals surface area (Å²) in [5, 5.41) is 3.20. The highest BCUT2D eigenvalue weighted by Gasteiger charge is 2.70. The number of alkyl carbamates (subject to hydrolysis) is 1. The lowest BCUT2D eigenvalue weighted by molar-refractivity contribution is -0.186. The molecule has 7 saturated carbocycles. The molecule has 6 unspecified atom stereocenters. The molecule has 0 aromatic heterocycles. The van der Waals surface area contributed by atoms with Crippen LogP contribution < -0.4 is 5.32 Å². The number of fused-ring (bicyclic) bond motifs is 2. The molecular weight excluding hydrogens is 302 g/mol. The zero-order chi connectivity index (χ0) is 16.3. The molecule has 1 amide bonds. The van der Waals surface area contributed by atoms with E-state index in [0.717, 1.165) is 31.2 Å². The highest BCUT2D eigenvalue weighted by molar-refractivity contribution is 5.90. The van der Waals surface area contributed by atoms with E-state index < -0.39 is 0 Å². The fraction of sp³-hybridized carbons (Fsp3) is 0.600. The molecule has 0 aliphatic heterocycles. The molecule has 6 bridgehead atoms. The number of hydrogen-bond acceptors (Lipinski definition) is 3. The van der Waals surface area contributed by atoms with Crippen molar-refractivity contribution >= 4 is 11.9 Å². The minimum absolute atomic E-state index is 0.0262. The van der Waals surface area contributed by atoms with Crippen molar-refractivity contribution < 1.29 is 14.3 Å². The van der Waals surface area contributed by atoms with E-state index in [-0.39, 0.29) is 24.2 Å². The number of benzene rings is 1. The maximum atomic E-state index is 12.8. The lowest BCUT2D eigenvalue weighted by Crippen LogP contribution is -2.76. The lowest BCUT2D eigenvalue weighted by atomic mass is 9.37. The predicted octanol–water partition coefficient (Wildman–Crippen LogP) is 3.31. The van der Waals surface area contributed by atoms with Crippen molar-refractivity contribution in [2.75, 3.05) is 0 Å². The molecular formula is C20H23NO3. The van der Waals surface area contributed by atoms with E-state index in [4.69, 9.17) is 4.74 Å². The third-order valence-electron chi connectivity index (χ3n) is 7.23. The second-order valence-electron chi connectivity index (χ2n) is 8.10. The molecule has 7 aliphatic rings. The first-order valence-corrected chi connectivity index (χ1v) is 9.21. The van der Waals surface area contributed by atoms with Crippen molar-refractivity contribution in [1.82, 2.24) is 5.32 Å². The molecule has 0 heterocycles. The molecule has 4 nitrogen and oxygen atoms in total. The van der Waals surface area contributed by atoms with Gasteiger partial charge in [0.2, 0.25) is 0 Å². The number of nitrogens with one attached hydrogen (secondary N) is 1. The van der Waals surface area contributed by atoms with Crippen LogP contribution in [-0.4, -0.2) is 17.4 Å². The molecule has 24 heavy (non-hydrogen) atoms. The summed E-state index contributed by atoms with van der Waals surface area (Å²) in [5.74, 6) is 2.22. The Balaban J connectivity index is 1.34. The van der Waals surface area contributed by atoms with E-state index in [2.05, 4.69) is 5.32 Å². The lowest BCUT2D eigenvalue weighted by Gasteiger charge is -2.69. The fourth-order valence-corrected chi connectivity index (χ4v) is 6.49. The number of carbonyl (C=O) groups excluding carboxylic acids is 2. The number of rotatable bonds is 3. The number of ketones is 1. The van der Waals surface area contributed by atoms with Gasteiger partial charge in [0.15, 0.2) is 0 Å². The molecule has 0 radical (unpaired) electrons. The van der Waals surface area contributed by atoms with Crippen molar-refractivity contribution in [3.8, 4) is 0 Å². The molecule has 6 atom stereocenters. The van der Waals surface area contributed by atoms with Crippen LogP contribution in [0, 0.1) is 29.6 Å². The summed E-state index contributed by atoms with van der Waals surface area (Å²) in [6.07, 6.45) is 5.06. The van der Waals surface area contributed by atoms with Gasteiger partial charge < -0.3 is 10.1 Å². The summed E-state index contributed by atoms with van der Waals surface area (Å²) >= 11 is 0. The van der Waals surface area contributed by atoms with Gasteiger partial charge in [0, 0.05) is 11.8 Å². The average molecular weight is 325 g/mol. The normalized spacial score (nSPS) is 41.5. The molecule has 1 N–H and O–H groups in total. The molecule has 8 rings (SSSR count). The maximum absolute atomic E-state index is 12.8. The van der Waals surface area contributed by atoms with Gasteiger partial charge in [0.25, 0.3) is 0 Å². The van der Waals surface area contributed by atoms with Gasteiger partial charge >= 0.3 is 6.09 Å². The molecule has 1 aromatic carbocycles. The van der Waals surface area contributed by atoms with Crippen molar-refractivity contribution in [2.24, 2.45) is 29.6 Å². The maximum Gasteiger partial charge on any atom is 0.407 e. The van der Waals surface area contributed by atoms with E-state index in [0.29, 0.717) is 29.5 Å². The Hall–Kier alpha value is -1.84. The number of ether oxygens (including phenoxy) is 1. The van der Waals surface area contributed by atoms with E-state index in [1.54, 1.807) is 0 Å². The van der Waals surface area contributed by atoms with E-state index in [1.165, 1.54) is 6.42 Å². The largest absolute Gasteiger partial charge is 0.445 e. The zero-order valence-corrected chi connectivity index (χ0v) is 13.7. The zero-order valence-electron chi connectivity index (χ0n) is 13.7. The summed E-state index contributed by atoms with van der Waals surface area (Å²) in [5.41, 5.74) is 0.669. The van der Waals surface area contributed by atoms with E-state index in [9.17, 15) is 9.59 Å². The minimum atomic E-state index is -0.358. The molecule has 0 saturated heterocycles. The summed E-state index contributed by atoms with van der Waals surface area (Å²) in [4.78, 5) is 25.3. The van der Waals surface area contributed by atoms with Gasteiger partial charge in [-0.05, 0) is 55.4 Å². The first-order valence-electron chi connectivity index (χ1n) is 9.21. The van der Waals surface area contributed by atoms with Crippen LogP contribution in [-0.2, 0) is 16.1 Å². The van der Waals surface area contributed by atoms with Crippen molar-refractivity contribution in [2.45, 2.75) is 44.2 Å². The molecule has 7 aliphatic carbocycles. The number of carbonyl (C=O) groups is 2. The van der Waals surface area contributed by atoms with Crippen LogP contribution in [0.3, 0.4) is 0 Å². The van der Waals surface area contributed by atoms with Gasteiger partial charge in [0.1, 0.15) is 12.4 Å². The van der Waals surface area contributed by atoms with Crippen molar-refractivity contribution in [1.29, 1.82) is 0 Å². The minimum Gasteiger partial charge on any atom is -0.445 e. The summed E-state index contributed by atoms with van der Waals surface area (Å²) in [6, 6.07) is 9.72. The number of amides is 1. The highest BCUT2D eigenvalue weighted by atomic mass is 16.5. The van der Waals surface area contributed by atoms with Gasteiger partial charge in [-0.3, -0.25) is 4.79 Å². The summed E-state index contributed by atoms with van der Waals surface area (Å²) in [7, 11) is 0. The monoisotopic (exact) mass is 325 g/mol. The van der Waals surface area contributed by atoms with Crippen LogP contribution in [0.15, 0.2) is 30.3 Å². The Bertz CT molecular complexity index is 687. The van der Waals surface area contributed by atoms with E-state index >= 15 is 0 Å². The topological polar surface area (TPSA) is 55.4 Å². The Kier molecular flexibility index (Phi) is 3.07. The van der Waals surface area contributed by atoms with Crippen LogP contribution >= 0.6 is 0 Å². The number of hydrogen-bond donors (Lipinski definition) is 1. The quantitative estimate of drug-likeness (QED) is 0.927. The molecule has 4 heteroatoms. The number of Topliss-reactive ketones (excluding diaryl/α,β-unsaturated/α-hetero) is 1. The molecule has 1 aromatic rings. The third-order valence-corrected chi connectivity index (χ3v) is 7.23. The Morgan fingerprint density at radius 3 is 2.83 bits per heavy atom. The van der Waals surface area contributed by atoms with E-state index in [1.807, 2.05) is 30.3 Å². The van der Waals surface area contributed by atoms with Crippen LogP contribution in [0.5, 0.6) is 0 Å². The Labute approximate surface area is 142 Å². The first kappa shape index (κ1) is 14.5. The standard InChI is InChI=1S/C20H23NO3/c22-18-16-9-7-14-15-8-6-13(17(14)18)10-20(15,16)21-19(23)24-11-12-4-2-1-3-5-12/h1-5,13-17H,6-11H2,(H,21,23). The van der Waals surface area contributed by atoms with Crippen molar-refractivity contribution in [3.05, 3.63) is 35.9 Å². The van der Waals surface area contributed by atoms with Crippen molar-refractivity contribution in [3.63, 3.8) is 0 Å². The van der Waals surface area contributed by atoms with Crippen LogP contribution in [0.25, 0.3) is 0 Å². The second-order valence-corrected chi connectivity index (χ2v) is 8.10. The highest BCUT2D eigenvalue weighted by Crippen LogP contribution is 2.66. The van der Waals surface area contributed by atoms with Crippen LogP contribution in [0.4, 0.5) is 4.79 Å². The van der Waals surface area contributed by atoms with Crippen LogP contribution in [0.2, 0.25) is 0 Å². The molecule has 126 valence electrons. The van der Waals surface area contributed by atoms with Gasteiger partial charge in [-0.25, -0.2) is 4.79 Å². The van der Waals surface area contributed by atoms with Gasteiger partial charge in [-0.1, -0.05) is 30.3 Å². The smallest absolute Gasteiger partial charge is 0.407 e. The first-order chi connectivity index (χ1) is 11.7. The Morgan fingerprint density at radius 1 is 1.17 bits per heavy atom. The fourth-order valence-electron chi connectivity index (χ4n) is 6.49. The second kappa shape index (κ2) is 5.08. The van der Waals surface area contributed by atoms with Gasteiger partial charge in [-0.15, -0.1) is 0 Å². The van der Waals surface area contributed by atoms with Gasteiger partial charge in [-0.2, -0.15) is 0 Å². The predicted molar refractivity (Wildman–Crippen MR) is 88.0 cm³/mol. The molecule has 0 spiro atoms. The summed E-state index contributed by atoms with van der Waals surface area (Å²) < 4.78 is 5.46. The van der Waals surface area contributed by atoms with Crippen LogP contribution in [0.1, 0.15) is 37.7 Å².